The second-order valence-electron chi connectivity index (χ2n) is 6.62. The summed E-state index contributed by atoms with van der Waals surface area (Å²) in [5, 5.41) is 8.16. The van der Waals surface area contributed by atoms with Crippen molar-refractivity contribution in [3.05, 3.63) is 66.0 Å². The van der Waals surface area contributed by atoms with Gasteiger partial charge in [0.15, 0.2) is 5.16 Å². The van der Waals surface area contributed by atoms with Crippen molar-refractivity contribution in [3.8, 4) is 5.69 Å². The predicted molar refractivity (Wildman–Crippen MR) is 115 cm³/mol. The second-order valence-corrected chi connectivity index (χ2v) is 9.49. The first-order valence-electron chi connectivity index (χ1n) is 8.87. The van der Waals surface area contributed by atoms with Gasteiger partial charge in [-0.2, -0.15) is 0 Å². The fourth-order valence-corrected chi connectivity index (χ4v) is 4.13. The zero-order valence-electron chi connectivity index (χ0n) is 16.3. The largest absolute Gasteiger partial charge is 0.325 e. The van der Waals surface area contributed by atoms with Crippen molar-refractivity contribution in [2.75, 3.05) is 5.32 Å². The number of imidazole rings is 1. The number of carbonyl (C=O) groups excluding carboxylic acids is 1. The number of carbonyl (C=O) groups is 1. The van der Waals surface area contributed by atoms with Gasteiger partial charge in [0.25, 0.3) is 0 Å². The minimum atomic E-state index is -3.76. The van der Waals surface area contributed by atoms with Crippen LogP contribution in [0.2, 0.25) is 0 Å². The Morgan fingerprint density at radius 2 is 1.86 bits per heavy atom. The molecule has 2 aromatic carbocycles. The molecule has 0 spiro atoms. The van der Waals surface area contributed by atoms with Crippen molar-refractivity contribution < 1.29 is 13.2 Å². The summed E-state index contributed by atoms with van der Waals surface area (Å²) in [4.78, 5) is 17.0. The maximum atomic E-state index is 12.6. The Balaban J connectivity index is 1.73. The number of aryl methyl sites for hydroxylation is 1. The fraction of sp³-hybridized carbons (Fsp3) is 0.200. The Morgan fingerprint density at radius 1 is 1.17 bits per heavy atom. The van der Waals surface area contributed by atoms with Crippen LogP contribution in [0.25, 0.3) is 5.69 Å². The van der Waals surface area contributed by atoms with Gasteiger partial charge in [0, 0.05) is 18.1 Å². The van der Waals surface area contributed by atoms with E-state index in [2.05, 4.69) is 30.2 Å². The number of primary sulfonamides is 1. The topological polar surface area (TPSA) is 107 Å². The third-order valence-corrected chi connectivity index (χ3v) is 6.55. The lowest BCUT2D eigenvalue weighted by Crippen LogP contribution is -2.23. The van der Waals surface area contributed by atoms with E-state index in [-0.39, 0.29) is 10.8 Å². The van der Waals surface area contributed by atoms with E-state index in [0.29, 0.717) is 10.8 Å². The molecule has 7 nitrogen and oxygen atoms in total. The first kappa shape index (κ1) is 21.1. The van der Waals surface area contributed by atoms with E-state index in [1.165, 1.54) is 41.6 Å². The number of sulfonamides is 1. The van der Waals surface area contributed by atoms with E-state index in [1.807, 2.05) is 22.9 Å². The number of nitrogens with two attached hydrogens (primary N) is 1. The van der Waals surface area contributed by atoms with Gasteiger partial charge in [-0.3, -0.25) is 9.36 Å². The maximum Gasteiger partial charge on any atom is 0.238 e. The summed E-state index contributed by atoms with van der Waals surface area (Å²) in [5.74, 6) is -0.214. The lowest BCUT2D eigenvalue weighted by Gasteiger charge is -2.15. The molecule has 0 bridgehead atoms. The minimum absolute atomic E-state index is 0.00604. The van der Waals surface area contributed by atoms with E-state index < -0.39 is 15.3 Å². The number of rotatable bonds is 6. The van der Waals surface area contributed by atoms with E-state index in [4.69, 9.17) is 5.14 Å². The summed E-state index contributed by atoms with van der Waals surface area (Å²) < 4.78 is 24.6. The zero-order valence-corrected chi connectivity index (χ0v) is 17.9. The summed E-state index contributed by atoms with van der Waals surface area (Å²) in [7, 11) is -3.76. The molecule has 0 aliphatic rings. The number of nitrogens with one attached hydrogen (secondary N) is 1. The number of benzene rings is 2. The molecule has 0 saturated carbocycles. The summed E-state index contributed by atoms with van der Waals surface area (Å²) in [6, 6.07) is 11.8. The van der Waals surface area contributed by atoms with Crippen LogP contribution in [0.5, 0.6) is 0 Å². The highest BCUT2D eigenvalue weighted by atomic mass is 32.2. The first-order chi connectivity index (χ1) is 13.7. The van der Waals surface area contributed by atoms with Crippen molar-refractivity contribution >= 4 is 33.4 Å². The van der Waals surface area contributed by atoms with E-state index >= 15 is 0 Å². The summed E-state index contributed by atoms with van der Waals surface area (Å²) >= 11 is 1.34. The first-order valence-corrected chi connectivity index (χ1v) is 11.3. The minimum Gasteiger partial charge on any atom is -0.325 e. The molecule has 3 N–H and O–H groups in total. The molecule has 3 rings (SSSR count). The fourth-order valence-electron chi connectivity index (χ4n) is 2.74. The van der Waals surface area contributed by atoms with Crippen LogP contribution < -0.4 is 10.5 Å². The Hall–Kier alpha value is -2.62. The van der Waals surface area contributed by atoms with Crippen molar-refractivity contribution in [2.45, 2.75) is 36.1 Å². The van der Waals surface area contributed by atoms with Crippen LogP contribution in [0.4, 0.5) is 5.69 Å². The number of hydrogen-bond acceptors (Lipinski definition) is 5. The Bertz CT molecular complexity index is 1140. The third kappa shape index (κ3) is 4.87. The molecule has 1 heterocycles. The van der Waals surface area contributed by atoms with Crippen LogP contribution in [0, 0.1) is 13.8 Å². The van der Waals surface area contributed by atoms with Gasteiger partial charge in [0.05, 0.1) is 15.8 Å². The number of thioether (sulfide) groups is 1. The molecule has 0 saturated heterocycles. The normalized spacial score (nSPS) is 12.6. The molecule has 9 heteroatoms. The zero-order chi connectivity index (χ0) is 21.2. The number of hydrogen-bond donors (Lipinski definition) is 2. The van der Waals surface area contributed by atoms with Crippen molar-refractivity contribution in [2.24, 2.45) is 5.14 Å². The monoisotopic (exact) mass is 430 g/mol. The van der Waals surface area contributed by atoms with Gasteiger partial charge < -0.3 is 5.32 Å². The van der Waals surface area contributed by atoms with Crippen LogP contribution in [-0.4, -0.2) is 29.1 Å². The average Bonchev–Trinajstić information content (AvgIpc) is 3.11. The number of aromatic nitrogens is 2. The third-order valence-electron chi connectivity index (χ3n) is 4.54. The molecule has 1 atom stereocenters. The van der Waals surface area contributed by atoms with Crippen LogP contribution >= 0.6 is 11.8 Å². The van der Waals surface area contributed by atoms with Crippen molar-refractivity contribution in [3.63, 3.8) is 0 Å². The van der Waals surface area contributed by atoms with Gasteiger partial charge in [0.2, 0.25) is 15.9 Å². The van der Waals surface area contributed by atoms with Crippen LogP contribution in [0.1, 0.15) is 18.1 Å². The van der Waals surface area contributed by atoms with Gasteiger partial charge in [-0.05, 0) is 62.2 Å². The SMILES string of the molecule is Cc1cccc(-n2ccnc2SC(C)C(=O)Nc2ccc(S(N)(=O)=O)cc2)c1C. The Labute approximate surface area is 174 Å². The van der Waals surface area contributed by atoms with Crippen LogP contribution in [0.3, 0.4) is 0 Å². The highest BCUT2D eigenvalue weighted by Gasteiger charge is 2.19. The van der Waals surface area contributed by atoms with Crippen molar-refractivity contribution in [1.29, 1.82) is 0 Å². The molecule has 29 heavy (non-hydrogen) atoms. The number of amides is 1. The lowest BCUT2D eigenvalue weighted by atomic mass is 10.1. The molecule has 152 valence electrons. The molecule has 3 aromatic rings. The van der Waals surface area contributed by atoms with Gasteiger partial charge in [-0.25, -0.2) is 18.5 Å². The van der Waals surface area contributed by atoms with E-state index in [1.54, 1.807) is 13.1 Å². The van der Waals surface area contributed by atoms with Gasteiger partial charge in [-0.15, -0.1) is 0 Å². The van der Waals surface area contributed by atoms with Gasteiger partial charge >= 0.3 is 0 Å². The summed E-state index contributed by atoms with van der Waals surface area (Å²) in [5.41, 5.74) is 3.85. The van der Waals surface area contributed by atoms with E-state index in [0.717, 1.165) is 11.3 Å². The molecule has 1 aromatic heterocycles. The van der Waals surface area contributed by atoms with Gasteiger partial charge in [-0.1, -0.05) is 23.9 Å². The van der Waals surface area contributed by atoms with Crippen LogP contribution in [0.15, 0.2) is 64.9 Å². The van der Waals surface area contributed by atoms with Crippen molar-refractivity contribution in [1.82, 2.24) is 9.55 Å². The molecule has 0 aliphatic heterocycles. The van der Waals surface area contributed by atoms with Crippen LogP contribution in [-0.2, 0) is 14.8 Å². The smallest absolute Gasteiger partial charge is 0.238 e. The molecule has 0 aliphatic carbocycles. The average molecular weight is 431 g/mol. The Morgan fingerprint density at radius 3 is 2.52 bits per heavy atom. The highest BCUT2D eigenvalue weighted by molar-refractivity contribution is 8.00. The molecule has 0 fully saturated rings. The van der Waals surface area contributed by atoms with E-state index in [9.17, 15) is 13.2 Å². The number of nitrogens with zero attached hydrogens (tertiary/aromatic N) is 2. The molecular formula is C20H22N4O3S2. The second kappa shape index (κ2) is 8.40. The molecule has 0 radical (unpaired) electrons. The number of anilines is 1. The summed E-state index contributed by atoms with van der Waals surface area (Å²) in [6.45, 7) is 5.90. The van der Waals surface area contributed by atoms with Gasteiger partial charge in [0.1, 0.15) is 0 Å². The standard InChI is InChI=1S/C20H22N4O3S2/c1-13-5-4-6-18(14(13)2)24-12-11-22-20(24)28-15(3)19(25)23-16-7-9-17(10-8-16)29(21,26)27/h4-12,15H,1-3H3,(H,23,25)(H2,21,26,27). The molecule has 1 amide bonds. The lowest BCUT2D eigenvalue weighted by molar-refractivity contribution is -0.115. The molecular weight excluding hydrogens is 408 g/mol. The maximum absolute atomic E-state index is 12.6. The summed E-state index contributed by atoms with van der Waals surface area (Å²) in [6.07, 6.45) is 3.58. The molecule has 1 unspecified atom stereocenters. The Kier molecular flexibility index (Phi) is 6.11. The predicted octanol–water partition coefficient (Wildman–Crippen LogP) is 3.26. The highest BCUT2D eigenvalue weighted by Crippen LogP contribution is 2.27. The quantitative estimate of drug-likeness (QED) is 0.584.